The van der Waals surface area contributed by atoms with Crippen LogP contribution in [0.1, 0.15) is 21.5 Å². The fourth-order valence-corrected chi connectivity index (χ4v) is 3.38. The van der Waals surface area contributed by atoms with Crippen LogP contribution < -0.4 is 15.2 Å². The van der Waals surface area contributed by atoms with E-state index in [4.69, 9.17) is 26.8 Å². The molecule has 0 aliphatic heterocycles. The van der Waals surface area contributed by atoms with Gasteiger partial charge in [-0.25, -0.2) is 0 Å². The highest BCUT2D eigenvalue weighted by atomic mass is 35.5. The number of hydrogen-bond donors (Lipinski definition) is 1. The Hall–Kier alpha value is -3.51. The Labute approximate surface area is 186 Å². The third-order valence-corrected chi connectivity index (χ3v) is 4.84. The average Bonchev–Trinajstić information content (AvgIpc) is 2.78. The van der Waals surface area contributed by atoms with Crippen LogP contribution in [0.5, 0.6) is 11.5 Å². The molecule has 0 saturated carbocycles. The van der Waals surface area contributed by atoms with Gasteiger partial charge < -0.3 is 20.1 Å². The predicted octanol–water partition coefficient (Wildman–Crippen LogP) is 4.06. The van der Waals surface area contributed by atoms with E-state index in [-0.39, 0.29) is 29.0 Å². The number of primary amides is 1. The number of nitrogens with zero attached hydrogens (tertiary/aromatic N) is 1. The van der Waals surface area contributed by atoms with Crippen molar-refractivity contribution in [3.8, 4) is 11.5 Å². The van der Waals surface area contributed by atoms with Gasteiger partial charge in [0.1, 0.15) is 0 Å². The van der Waals surface area contributed by atoms with Crippen LogP contribution in [-0.2, 0) is 17.9 Å². The summed E-state index contributed by atoms with van der Waals surface area (Å²) in [5, 5.41) is 0.156. The number of benzene rings is 3. The maximum Gasteiger partial charge on any atom is 0.255 e. The molecule has 0 aromatic heterocycles. The third-order valence-electron chi connectivity index (χ3n) is 4.55. The summed E-state index contributed by atoms with van der Waals surface area (Å²) >= 11 is 6.34. The summed E-state index contributed by atoms with van der Waals surface area (Å²) in [6.45, 7) is 0.500. The number of hydrogen-bond acceptors (Lipinski definition) is 4. The quantitative estimate of drug-likeness (QED) is 0.546. The van der Waals surface area contributed by atoms with Crippen LogP contribution >= 0.6 is 11.6 Å². The van der Waals surface area contributed by atoms with Crippen LogP contribution in [0, 0.1) is 0 Å². The lowest BCUT2D eigenvalue weighted by Crippen LogP contribution is -2.30. The van der Waals surface area contributed by atoms with Gasteiger partial charge in [0.2, 0.25) is 0 Å². The molecule has 0 fully saturated rings. The van der Waals surface area contributed by atoms with E-state index in [2.05, 4.69) is 0 Å². The molecular weight excluding hydrogens is 416 g/mol. The largest absolute Gasteiger partial charge is 0.493 e. The number of ether oxygens (including phenoxy) is 2. The molecule has 0 aliphatic rings. The minimum Gasteiger partial charge on any atom is -0.493 e. The van der Waals surface area contributed by atoms with Gasteiger partial charge in [0.05, 0.1) is 12.1 Å². The molecule has 0 atom stereocenters. The van der Waals surface area contributed by atoms with Gasteiger partial charge in [0.15, 0.2) is 18.1 Å². The van der Waals surface area contributed by atoms with Crippen LogP contribution in [0.2, 0.25) is 5.02 Å². The number of nitrogens with two attached hydrogens (primary N) is 1. The molecule has 6 nitrogen and oxygen atoms in total. The molecule has 0 bridgehead atoms. The minimum absolute atomic E-state index is 0.156. The second-order valence-corrected chi connectivity index (χ2v) is 7.28. The second-order valence-electron chi connectivity index (χ2n) is 6.88. The van der Waals surface area contributed by atoms with Gasteiger partial charge in [0, 0.05) is 18.7 Å². The predicted molar refractivity (Wildman–Crippen MR) is 119 cm³/mol. The van der Waals surface area contributed by atoms with E-state index in [0.717, 1.165) is 11.1 Å². The van der Waals surface area contributed by atoms with Crippen molar-refractivity contribution in [2.75, 3.05) is 13.7 Å². The van der Waals surface area contributed by atoms with E-state index in [1.165, 1.54) is 13.2 Å². The first kappa shape index (κ1) is 22.2. The van der Waals surface area contributed by atoms with Gasteiger partial charge in [0.25, 0.3) is 11.8 Å². The van der Waals surface area contributed by atoms with Gasteiger partial charge in [-0.05, 0) is 23.3 Å². The summed E-state index contributed by atoms with van der Waals surface area (Å²) in [5.41, 5.74) is 7.50. The smallest absolute Gasteiger partial charge is 0.255 e. The molecule has 160 valence electrons. The second kappa shape index (κ2) is 10.5. The van der Waals surface area contributed by atoms with Crippen molar-refractivity contribution in [2.45, 2.75) is 13.1 Å². The van der Waals surface area contributed by atoms with E-state index in [1.54, 1.807) is 11.0 Å². The maximum atomic E-state index is 13.4. The molecule has 3 aromatic rings. The summed E-state index contributed by atoms with van der Waals surface area (Å²) in [5.74, 6) is -0.446. The van der Waals surface area contributed by atoms with E-state index in [0.29, 0.717) is 18.7 Å². The highest BCUT2D eigenvalue weighted by Crippen LogP contribution is 2.37. The van der Waals surface area contributed by atoms with Gasteiger partial charge in [-0.3, -0.25) is 9.59 Å². The summed E-state index contributed by atoms with van der Waals surface area (Å²) < 4.78 is 10.7. The highest BCUT2D eigenvalue weighted by molar-refractivity contribution is 6.32. The van der Waals surface area contributed by atoms with Crippen molar-refractivity contribution in [1.29, 1.82) is 0 Å². The topological polar surface area (TPSA) is 81.9 Å². The number of carbonyl (C=O) groups excluding carboxylic acids is 2. The number of halogens is 1. The number of methoxy groups -OCH3 is 1. The molecule has 7 heteroatoms. The Bertz CT molecular complexity index is 1000. The monoisotopic (exact) mass is 438 g/mol. The van der Waals surface area contributed by atoms with Crippen LogP contribution in [0.15, 0.2) is 72.8 Å². The zero-order valence-electron chi connectivity index (χ0n) is 17.1. The fraction of sp³-hybridized carbons (Fsp3) is 0.167. The van der Waals surface area contributed by atoms with Crippen molar-refractivity contribution in [2.24, 2.45) is 5.73 Å². The Balaban J connectivity index is 1.92. The van der Waals surface area contributed by atoms with Crippen molar-refractivity contribution in [3.63, 3.8) is 0 Å². The molecule has 2 N–H and O–H groups in total. The molecule has 0 aliphatic carbocycles. The SMILES string of the molecule is COc1cc(C(=O)N(Cc2ccccc2)Cc2ccccc2)cc(Cl)c1OCC(N)=O. The van der Waals surface area contributed by atoms with Gasteiger partial charge in [-0.15, -0.1) is 0 Å². The molecule has 0 saturated heterocycles. The van der Waals surface area contributed by atoms with Crippen molar-refractivity contribution < 1.29 is 19.1 Å². The van der Waals surface area contributed by atoms with Crippen LogP contribution in [0.25, 0.3) is 0 Å². The lowest BCUT2D eigenvalue weighted by molar-refractivity contribution is -0.119. The highest BCUT2D eigenvalue weighted by Gasteiger charge is 2.21. The van der Waals surface area contributed by atoms with Crippen LogP contribution in [0.3, 0.4) is 0 Å². The summed E-state index contributed by atoms with van der Waals surface area (Å²) in [4.78, 5) is 26.2. The Kier molecular flexibility index (Phi) is 7.51. The fourth-order valence-electron chi connectivity index (χ4n) is 3.12. The van der Waals surface area contributed by atoms with Crippen molar-refractivity contribution in [3.05, 3.63) is 94.5 Å². The van der Waals surface area contributed by atoms with Gasteiger partial charge >= 0.3 is 0 Å². The summed E-state index contributed by atoms with van der Waals surface area (Å²) in [6.07, 6.45) is 0. The Morgan fingerprint density at radius 3 is 1.97 bits per heavy atom. The molecule has 3 rings (SSSR count). The zero-order valence-corrected chi connectivity index (χ0v) is 17.8. The third kappa shape index (κ3) is 5.99. The average molecular weight is 439 g/mol. The molecule has 0 radical (unpaired) electrons. The number of rotatable bonds is 9. The maximum absolute atomic E-state index is 13.4. The molecule has 3 aromatic carbocycles. The molecule has 0 unspecified atom stereocenters. The summed E-state index contributed by atoms with van der Waals surface area (Å²) in [6, 6.07) is 22.6. The first-order valence-electron chi connectivity index (χ1n) is 9.63. The normalized spacial score (nSPS) is 10.4. The molecular formula is C24H23ClN2O4. The standard InChI is InChI=1S/C24H23ClN2O4/c1-30-21-13-19(12-20(25)23(21)31-16-22(26)28)24(29)27(14-17-8-4-2-5-9-17)15-18-10-6-3-7-11-18/h2-13H,14-16H2,1H3,(H2,26,28). The van der Waals surface area contributed by atoms with Crippen LogP contribution in [0.4, 0.5) is 0 Å². The Morgan fingerprint density at radius 2 is 1.48 bits per heavy atom. The van der Waals surface area contributed by atoms with E-state index in [9.17, 15) is 9.59 Å². The molecule has 0 heterocycles. The molecule has 2 amide bonds. The van der Waals surface area contributed by atoms with E-state index in [1.807, 2.05) is 60.7 Å². The number of amides is 2. The lowest BCUT2D eigenvalue weighted by Gasteiger charge is -2.24. The van der Waals surface area contributed by atoms with Crippen LogP contribution in [-0.4, -0.2) is 30.4 Å². The van der Waals surface area contributed by atoms with Gasteiger partial charge in [-0.1, -0.05) is 72.3 Å². The molecule has 31 heavy (non-hydrogen) atoms. The van der Waals surface area contributed by atoms with E-state index < -0.39 is 5.91 Å². The summed E-state index contributed by atoms with van der Waals surface area (Å²) in [7, 11) is 1.43. The minimum atomic E-state index is -0.643. The number of carbonyl (C=O) groups is 2. The zero-order chi connectivity index (χ0) is 22.2. The molecule has 0 spiro atoms. The lowest BCUT2D eigenvalue weighted by atomic mass is 10.1. The Morgan fingerprint density at radius 1 is 0.935 bits per heavy atom. The van der Waals surface area contributed by atoms with E-state index >= 15 is 0 Å². The first-order valence-corrected chi connectivity index (χ1v) is 10.0. The van der Waals surface area contributed by atoms with Crippen molar-refractivity contribution in [1.82, 2.24) is 4.90 Å². The van der Waals surface area contributed by atoms with Crippen molar-refractivity contribution >= 4 is 23.4 Å². The van der Waals surface area contributed by atoms with Gasteiger partial charge in [-0.2, -0.15) is 0 Å². The first-order chi connectivity index (χ1) is 15.0.